The molecule has 3 N–H and O–H groups in total. The fourth-order valence-corrected chi connectivity index (χ4v) is 2.22. The summed E-state index contributed by atoms with van der Waals surface area (Å²) in [6, 6.07) is 2.59. The minimum atomic E-state index is -4.54. The number of halogens is 3. The molecule has 1 aromatic carbocycles. The van der Waals surface area contributed by atoms with E-state index in [9.17, 15) is 18.0 Å². The first-order chi connectivity index (χ1) is 9.81. The number of rotatable bonds is 3. The van der Waals surface area contributed by atoms with Gasteiger partial charge >= 0.3 is 6.18 Å². The van der Waals surface area contributed by atoms with Crippen molar-refractivity contribution in [2.24, 2.45) is 0 Å². The van der Waals surface area contributed by atoms with Crippen molar-refractivity contribution in [3.05, 3.63) is 34.3 Å². The molecule has 0 aliphatic heterocycles. The molecule has 1 aromatic heterocycles. The molecule has 0 saturated heterocycles. The van der Waals surface area contributed by atoms with Crippen LogP contribution >= 0.6 is 11.3 Å². The Kier molecular flexibility index (Phi) is 4.12. The molecule has 9 heteroatoms. The Morgan fingerprint density at radius 2 is 2.10 bits per heavy atom. The van der Waals surface area contributed by atoms with Crippen LogP contribution in [0.25, 0.3) is 0 Å². The molecule has 0 aliphatic carbocycles. The second-order valence-corrected chi connectivity index (χ2v) is 5.17. The van der Waals surface area contributed by atoms with E-state index in [0.29, 0.717) is 17.5 Å². The van der Waals surface area contributed by atoms with Crippen LogP contribution in [0.2, 0.25) is 0 Å². The lowest BCUT2D eigenvalue weighted by atomic mass is 10.1. The summed E-state index contributed by atoms with van der Waals surface area (Å²) in [4.78, 5) is 12.0. The minimum absolute atomic E-state index is 0.0410. The number of amides is 1. The first-order valence-electron chi connectivity index (χ1n) is 5.91. The summed E-state index contributed by atoms with van der Waals surface area (Å²) < 4.78 is 37.9. The second kappa shape index (κ2) is 5.68. The van der Waals surface area contributed by atoms with Gasteiger partial charge in [0, 0.05) is 5.69 Å². The number of nitrogens with zero attached hydrogens (tertiary/aromatic N) is 2. The highest BCUT2D eigenvalue weighted by Crippen LogP contribution is 2.31. The number of aromatic nitrogens is 2. The third-order valence-corrected chi connectivity index (χ3v) is 3.60. The van der Waals surface area contributed by atoms with E-state index in [-0.39, 0.29) is 16.4 Å². The molecule has 0 aliphatic rings. The van der Waals surface area contributed by atoms with Crippen LogP contribution in [0.15, 0.2) is 18.2 Å². The SMILES string of the molecule is CCc1nnc(NC(=O)c2cc(C(F)(F)F)ccc2N)s1. The molecular formula is C12H11F3N4OS. The molecule has 0 atom stereocenters. The van der Waals surface area contributed by atoms with Crippen LogP contribution in [0, 0.1) is 0 Å². The van der Waals surface area contributed by atoms with E-state index in [4.69, 9.17) is 5.73 Å². The van der Waals surface area contributed by atoms with Gasteiger partial charge in [-0.05, 0) is 24.6 Å². The summed E-state index contributed by atoms with van der Waals surface area (Å²) in [5, 5.41) is 10.8. The normalized spacial score (nSPS) is 11.4. The van der Waals surface area contributed by atoms with Crippen molar-refractivity contribution in [3.8, 4) is 0 Å². The van der Waals surface area contributed by atoms with Crippen LogP contribution in [0.5, 0.6) is 0 Å². The predicted octanol–water partition coefficient (Wildman–Crippen LogP) is 2.95. The Bertz CT molecular complexity index is 669. The third-order valence-electron chi connectivity index (χ3n) is 2.62. The molecule has 0 radical (unpaired) electrons. The number of nitrogens with two attached hydrogens (primary N) is 1. The van der Waals surface area contributed by atoms with Crippen LogP contribution in [0.4, 0.5) is 24.0 Å². The number of anilines is 2. The van der Waals surface area contributed by atoms with Crippen molar-refractivity contribution in [2.45, 2.75) is 19.5 Å². The molecule has 0 saturated carbocycles. The molecule has 0 unspecified atom stereocenters. The number of carbonyl (C=O) groups excluding carboxylic acids is 1. The van der Waals surface area contributed by atoms with Gasteiger partial charge in [-0.2, -0.15) is 13.2 Å². The van der Waals surface area contributed by atoms with E-state index >= 15 is 0 Å². The smallest absolute Gasteiger partial charge is 0.398 e. The molecule has 21 heavy (non-hydrogen) atoms. The first kappa shape index (κ1) is 15.2. The Morgan fingerprint density at radius 1 is 1.38 bits per heavy atom. The first-order valence-corrected chi connectivity index (χ1v) is 6.73. The zero-order valence-corrected chi connectivity index (χ0v) is 11.7. The van der Waals surface area contributed by atoms with Crippen molar-refractivity contribution in [1.29, 1.82) is 0 Å². The summed E-state index contributed by atoms with van der Waals surface area (Å²) in [7, 11) is 0. The maximum Gasteiger partial charge on any atom is 0.416 e. The van der Waals surface area contributed by atoms with Gasteiger partial charge in [-0.15, -0.1) is 10.2 Å². The highest BCUT2D eigenvalue weighted by atomic mass is 32.1. The van der Waals surface area contributed by atoms with Gasteiger partial charge < -0.3 is 5.73 Å². The number of hydrogen-bond acceptors (Lipinski definition) is 5. The predicted molar refractivity (Wildman–Crippen MR) is 73.1 cm³/mol. The zero-order valence-electron chi connectivity index (χ0n) is 10.9. The van der Waals surface area contributed by atoms with Gasteiger partial charge in [0.15, 0.2) is 0 Å². The average Bonchev–Trinajstić information content (AvgIpc) is 2.85. The van der Waals surface area contributed by atoms with Gasteiger partial charge in [-0.3, -0.25) is 10.1 Å². The largest absolute Gasteiger partial charge is 0.416 e. The molecule has 5 nitrogen and oxygen atoms in total. The lowest BCUT2D eigenvalue weighted by Gasteiger charge is -2.10. The molecule has 0 fully saturated rings. The molecule has 0 spiro atoms. The molecule has 1 heterocycles. The van der Waals surface area contributed by atoms with Gasteiger partial charge in [0.05, 0.1) is 11.1 Å². The van der Waals surface area contributed by atoms with Crippen molar-refractivity contribution in [1.82, 2.24) is 10.2 Å². The van der Waals surface area contributed by atoms with E-state index in [1.807, 2.05) is 6.92 Å². The number of nitrogen functional groups attached to an aromatic ring is 1. The van der Waals surface area contributed by atoms with E-state index in [1.54, 1.807) is 0 Å². The van der Waals surface area contributed by atoms with Crippen LogP contribution in [0.3, 0.4) is 0 Å². The Labute approximate surface area is 122 Å². The molecule has 1 amide bonds. The third kappa shape index (κ3) is 3.48. The molecule has 0 bridgehead atoms. The highest BCUT2D eigenvalue weighted by molar-refractivity contribution is 7.15. The van der Waals surface area contributed by atoms with Gasteiger partial charge in [0.25, 0.3) is 5.91 Å². The maximum absolute atomic E-state index is 12.6. The fraction of sp³-hybridized carbons (Fsp3) is 0.250. The minimum Gasteiger partial charge on any atom is -0.398 e. The lowest BCUT2D eigenvalue weighted by molar-refractivity contribution is -0.137. The van der Waals surface area contributed by atoms with Gasteiger partial charge in [-0.25, -0.2) is 0 Å². The van der Waals surface area contributed by atoms with Crippen LogP contribution in [-0.2, 0) is 12.6 Å². The quantitative estimate of drug-likeness (QED) is 0.853. The number of carbonyl (C=O) groups is 1. The summed E-state index contributed by atoms with van der Waals surface area (Å²) >= 11 is 1.15. The number of hydrogen-bond donors (Lipinski definition) is 2. The molecule has 2 aromatic rings. The van der Waals surface area contributed by atoms with Crippen molar-refractivity contribution < 1.29 is 18.0 Å². The Hall–Kier alpha value is -2.16. The van der Waals surface area contributed by atoms with Crippen LogP contribution in [-0.4, -0.2) is 16.1 Å². The summed E-state index contributed by atoms with van der Waals surface area (Å²) in [5.74, 6) is -0.752. The highest BCUT2D eigenvalue weighted by Gasteiger charge is 2.31. The van der Waals surface area contributed by atoms with Crippen molar-refractivity contribution in [2.75, 3.05) is 11.1 Å². The van der Waals surface area contributed by atoms with Gasteiger partial charge in [0.2, 0.25) is 5.13 Å². The number of nitrogens with one attached hydrogen (secondary N) is 1. The summed E-state index contributed by atoms with van der Waals surface area (Å²) in [6.07, 6.45) is -3.89. The Morgan fingerprint density at radius 3 is 2.67 bits per heavy atom. The topological polar surface area (TPSA) is 80.9 Å². The molecule has 2 rings (SSSR count). The number of alkyl halides is 3. The zero-order chi connectivity index (χ0) is 15.6. The van der Waals surface area contributed by atoms with Crippen LogP contribution < -0.4 is 11.1 Å². The van der Waals surface area contributed by atoms with E-state index < -0.39 is 17.6 Å². The Balaban J connectivity index is 2.26. The van der Waals surface area contributed by atoms with Crippen LogP contribution in [0.1, 0.15) is 27.9 Å². The van der Waals surface area contributed by atoms with Gasteiger partial charge in [-0.1, -0.05) is 18.3 Å². The van der Waals surface area contributed by atoms with Gasteiger partial charge in [0.1, 0.15) is 5.01 Å². The summed E-state index contributed by atoms with van der Waals surface area (Å²) in [5.41, 5.74) is 4.33. The lowest BCUT2D eigenvalue weighted by Crippen LogP contribution is -2.16. The molecule has 112 valence electrons. The molecular weight excluding hydrogens is 305 g/mol. The second-order valence-electron chi connectivity index (χ2n) is 4.11. The average molecular weight is 316 g/mol. The number of benzene rings is 1. The maximum atomic E-state index is 12.6. The monoisotopic (exact) mass is 316 g/mol. The van der Waals surface area contributed by atoms with E-state index in [1.165, 1.54) is 0 Å². The van der Waals surface area contributed by atoms with E-state index in [2.05, 4.69) is 15.5 Å². The standard InChI is InChI=1S/C12H11F3N4OS/c1-2-9-18-19-11(21-9)17-10(20)7-5-6(12(13,14)15)3-4-8(7)16/h3-5H,2,16H2,1H3,(H,17,19,20). The van der Waals surface area contributed by atoms with Crippen molar-refractivity contribution >= 4 is 28.1 Å². The fourth-order valence-electron chi connectivity index (χ4n) is 1.54. The van der Waals surface area contributed by atoms with Crippen molar-refractivity contribution in [3.63, 3.8) is 0 Å². The summed E-state index contributed by atoms with van der Waals surface area (Å²) in [6.45, 7) is 1.87. The number of aryl methyl sites for hydroxylation is 1. The van der Waals surface area contributed by atoms with E-state index in [0.717, 1.165) is 23.5 Å².